The summed E-state index contributed by atoms with van der Waals surface area (Å²) < 4.78 is 10.5. The minimum atomic E-state index is -0.0926. The van der Waals surface area contributed by atoms with Crippen LogP contribution in [0.25, 0.3) is 0 Å². The van der Waals surface area contributed by atoms with Gasteiger partial charge in [0.2, 0.25) is 5.91 Å². The van der Waals surface area contributed by atoms with Crippen LogP contribution < -0.4 is 14.8 Å². The first-order valence-electron chi connectivity index (χ1n) is 12.0. The van der Waals surface area contributed by atoms with Crippen LogP contribution >= 0.6 is 0 Å². The Hall–Kier alpha value is -3.31. The van der Waals surface area contributed by atoms with Gasteiger partial charge in [0.1, 0.15) is 11.5 Å². The summed E-state index contributed by atoms with van der Waals surface area (Å²) in [6, 6.07) is 24.6. The fourth-order valence-electron chi connectivity index (χ4n) is 4.68. The molecule has 34 heavy (non-hydrogen) atoms. The second-order valence-corrected chi connectivity index (χ2v) is 8.98. The van der Waals surface area contributed by atoms with Crippen molar-refractivity contribution in [2.45, 2.75) is 32.2 Å². The van der Waals surface area contributed by atoms with Crippen LogP contribution in [-0.4, -0.2) is 38.1 Å². The molecule has 0 aromatic heterocycles. The van der Waals surface area contributed by atoms with E-state index in [-0.39, 0.29) is 11.8 Å². The molecule has 4 rings (SSSR count). The maximum atomic E-state index is 13.3. The minimum Gasteiger partial charge on any atom is -0.497 e. The third kappa shape index (κ3) is 5.97. The number of aryl methyl sites for hydroxylation is 1. The zero-order valence-corrected chi connectivity index (χ0v) is 20.3. The van der Waals surface area contributed by atoms with Crippen molar-refractivity contribution >= 4 is 11.6 Å². The Morgan fingerprint density at radius 2 is 1.44 bits per heavy atom. The number of amides is 1. The van der Waals surface area contributed by atoms with E-state index in [1.807, 2.05) is 36.4 Å². The molecule has 2 atom stereocenters. The fourth-order valence-corrected chi connectivity index (χ4v) is 4.68. The molecule has 1 amide bonds. The fraction of sp³-hybridized carbons (Fsp3) is 0.345. The predicted octanol–water partition coefficient (Wildman–Crippen LogP) is 5.51. The van der Waals surface area contributed by atoms with E-state index in [0.717, 1.165) is 49.7 Å². The van der Waals surface area contributed by atoms with Crippen molar-refractivity contribution in [1.29, 1.82) is 0 Å². The molecule has 1 heterocycles. The van der Waals surface area contributed by atoms with E-state index in [4.69, 9.17) is 9.47 Å². The van der Waals surface area contributed by atoms with Crippen molar-refractivity contribution in [2.24, 2.45) is 5.92 Å². The van der Waals surface area contributed by atoms with Crippen LogP contribution in [0.15, 0.2) is 72.8 Å². The second kappa shape index (κ2) is 11.2. The number of hydrogen-bond donors (Lipinski definition) is 1. The quantitative estimate of drug-likeness (QED) is 0.484. The summed E-state index contributed by atoms with van der Waals surface area (Å²) in [7, 11) is 3.32. The molecule has 0 saturated carbocycles. The monoisotopic (exact) mass is 458 g/mol. The molecule has 0 unspecified atom stereocenters. The Morgan fingerprint density at radius 1 is 0.853 bits per heavy atom. The van der Waals surface area contributed by atoms with Gasteiger partial charge in [-0.05, 0) is 71.8 Å². The van der Waals surface area contributed by atoms with Gasteiger partial charge in [-0.3, -0.25) is 9.69 Å². The van der Waals surface area contributed by atoms with Crippen LogP contribution in [-0.2, 0) is 17.8 Å². The van der Waals surface area contributed by atoms with Gasteiger partial charge < -0.3 is 14.8 Å². The normalized spacial score (nSPS) is 18.3. The first-order valence-corrected chi connectivity index (χ1v) is 12.0. The molecule has 1 N–H and O–H groups in total. The van der Waals surface area contributed by atoms with Gasteiger partial charge in [-0.1, -0.05) is 43.3 Å². The summed E-state index contributed by atoms with van der Waals surface area (Å²) in [5, 5.41) is 3.12. The summed E-state index contributed by atoms with van der Waals surface area (Å²) >= 11 is 0. The number of nitrogens with zero attached hydrogens (tertiary/aromatic N) is 1. The number of hydrogen-bond acceptors (Lipinski definition) is 4. The summed E-state index contributed by atoms with van der Waals surface area (Å²) in [4.78, 5) is 15.7. The Morgan fingerprint density at radius 3 is 2.03 bits per heavy atom. The van der Waals surface area contributed by atoms with Crippen molar-refractivity contribution in [3.63, 3.8) is 0 Å². The second-order valence-electron chi connectivity index (χ2n) is 8.98. The molecule has 3 aromatic carbocycles. The Balaban J connectivity index is 1.51. The van der Waals surface area contributed by atoms with Gasteiger partial charge >= 0.3 is 0 Å². The number of nitrogens with one attached hydrogen (secondary N) is 1. The lowest BCUT2D eigenvalue weighted by Gasteiger charge is -2.37. The van der Waals surface area contributed by atoms with Gasteiger partial charge in [0.05, 0.1) is 20.1 Å². The van der Waals surface area contributed by atoms with Crippen molar-refractivity contribution < 1.29 is 14.3 Å². The molecule has 1 fully saturated rings. The average Bonchev–Trinajstić information content (AvgIpc) is 2.89. The number of likely N-dealkylation sites (tertiary alicyclic amines) is 1. The van der Waals surface area contributed by atoms with Crippen molar-refractivity contribution in [3.05, 3.63) is 89.5 Å². The smallest absolute Gasteiger partial charge is 0.228 e. The van der Waals surface area contributed by atoms with E-state index in [0.29, 0.717) is 5.92 Å². The number of anilines is 1. The molecule has 0 bridgehead atoms. The number of rotatable bonds is 8. The lowest BCUT2D eigenvalue weighted by atomic mass is 9.83. The Bertz CT molecular complexity index is 1060. The van der Waals surface area contributed by atoms with Gasteiger partial charge in [0.25, 0.3) is 0 Å². The van der Waals surface area contributed by atoms with Crippen LogP contribution in [0, 0.1) is 5.92 Å². The predicted molar refractivity (Wildman–Crippen MR) is 137 cm³/mol. The molecule has 1 aliphatic heterocycles. The number of piperidine rings is 1. The largest absolute Gasteiger partial charge is 0.497 e. The van der Waals surface area contributed by atoms with Crippen molar-refractivity contribution in [3.8, 4) is 11.5 Å². The average molecular weight is 459 g/mol. The number of benzene rings is 3. The standard InChI is InChI=1S/C29H34N2O3/c1-4-21-5-9-23(10-6-21)24-17-25(29(32)30-26-11-15-28(34-3)16-12-26)20-31(19-24)18-22-7-13-27(33-2)14-8-22/h5-16,24-25H,4,17-20H2,1-3H3,(H,30,32)/t24-,25+/m1/s1. The first kappa shape index (κ1) is 23.8. The molecule has 1 aliphatic rings. The Kier molecular flexibility index (Phi) is 7.86. The van der Waals surface area contributed by atoms with Crippen LogP contribution in [0.5, 0.6) is 11.5 Å². The molecular formula is C29H34N2O3. The van der Waals surface area contributed by atoms with Crippen LogP contribution in [0.1, 0.15) is 36.0 Å². The molecule has 178 valence electrons. The summed E-state index contributed by atoms with van der Waals surface area (Å²) in [6.45, 7) is 4.65. The Labute approximate surface area is 202 Å². The summed E-state index contributed by atoms with van der Waals surface area (Å²) in [5.41, 5.74) is 4.65. The maximum absolute atomic E-state index is 13.3. The third-order valence-corrected chi connectivity index (χ3v) is 6.68. The maximum Gasteiger partial charge on any atom is 0.228 e. The molecule has 0 spiro atoms. The lowest BCUT2D eigenvalue weighted by Crippen LogP contribution is -2.43. The van der Waals surface area contributed by atoms with Crippen LogP contribution in [0.4, 0.5) is 5.69 Å². The van der Waals surface area contributed by atoms with E-state index >= 15 is 0 Å². The number of carbonyl (C=O) groups excluding carboxylic acids is 1. The van der Waals surface area contributed by atoms with Crippen LogP contribution in [0.2, 0.25) is 0 Å². The van der Waals surface area contributed by atoms with Crippen LogP contribution in [0.3, 0.4) is 0 Å². The first-order chi connectivity index (χ1) is 16.6. The van der Waals surface area contributed by atoms with Crippen molar-refractivity contribution in [2.75, 3.05) is 32.6 Å². The SMILES string of the molecule is CCc1ccc([C@@H]2C[C@H](C(=O)Nc3ccc(OC)cc3)CN(Cc3ccc(OC)cc3)C2)cc1. The van der Waals surface area contributed by atoms with Gasteiger partial charge in [0.15, 0.2) is 0 Å². The molecule has 5 nitrogen and oxygen atoms in total. The molecule has 0 radical (unpaired) electrons. The van der Waals surface area contributed by atoms with E-state index in [1.54, 1.807) is 14.2 Å². The highest BCUT2D eigenvalue weighted by molar-refractivity contribution is 5.92. The summed E-state index contributed by atoms with van der Waals surface area (Å²) in [5.74, 6) is 1.92. The molecule has 5 heteroatoms. The minimum absolute atomic E-state index is 0.0692. The highest BCUT2D eigenvalue weighted by Gasteiger charge is 2.32. The van der Waals surface area contributed by atoms with E-state index in [9.17, 15) is 4.79 Å². The lowest BCUT2D eigenvalue weighted by molar-refractivity contribution is -0.121. The molecular weight excluding hydrogens is 424 g/mol. The highest BCUT2D eigenvalue weighted by atomic mass is 16.5. The molecule has 0 aliphatic carbocycles. The van der Waals surface area contributed by atoms with E-state index < -0.39 is 0 Å². The number of ether oxygens (including phenoxy) is 2. The van der Waals surface area contributed by atoms with Gasteiger partial charge in [0, 0.05) is 25.3 Å². The van der Waals surface area contributed by atoms with Crippen molar-refractivity contribution in [1.82, 2.24) is 4.90 Å². The topological polar surface area (TPSA) is 50.8 Å². The third-order valence-electron chi connectivity index (χ3n) is 6.68. The van der Waals surface area contributed by atoms with Gasteiger partial charge in [-0.25, -0.2) is 0 Å². The summed E-state index contributed by atoms with van der Waals surface area (Å²) in [6.07, 6.45) is 1.87. The van der Waals surface area contributed by atoms with E-state index in [2.05, 4.69) is 53.5 Å². The van der Waals surface area contributed by atoms with E-state index in [1.165, 1.54) is 16.7 Å². The highest BCUT2D eigenvalue weighted by Crippen LogP contribution is 2.32. The number of carbonyl (C=O) groups is 1. The molecule has 3 aromatic rings. The zero-order valence-electron chi connectivity index (χ0n) is 20.3. The number of methoxy groups -OCH3 is 2. The zero-order chi connectivity index (χ0) is 23.9. The molecule has 1 saturated heterocycles. The van der Waals surface area contributed by atoms with Gasteiger partial charge in [-0.2, -0.15) is 0 Å². The van der Waals surface area contributed by atoms with Gasteiger partial charge in [-0.15, -0.1) is 0 Å².